The lowest BCUT2D eigenvalue weighted by Gasteiger charge is -2.07. The van der Waals surface area contributed by atoms with Gasteiger partial charge in [0.05, 0.1) is 17.6 Å². The lowest BCUT2D eigenvalue weighted by molar-refractivity contribution is 0.133. The molecule has 72 valence electrons. The molecule has 0 amide bonds. The van der Waals surface area contributed by atoms with Crippen LogP contribution in [0.5, 0.6) is 0 Å². The monoisotopic (exact) mass is 193 g/mol. The van der Waals surface area contributed by atoms with Crippen molar-refractivity contribution in [1.82, 2.24) is 0 Å². The molecule has 1 aliphatic heterocycles. The standard InChI is InChI=1S/C7H15NO3S/c8-11-5-1-3-7-4-2-6-12(7,9)10/h7H,1-6,8H2. The van der Waals surface area contributed by atoms with Gasteiger partial charge in [0, 0.05) is 0 Å². The average Bonchev–Trinajstić information content (AvgIpc) is 2.32. The fourth-order valence-electron chi connectivity index (χ4n) is 1.58. The minimum Gasteiger partial charge on any atom is -0.305 e. The average molecular weight is 193 g/mol. The predicted octanol–water partition coefficient (Wildman–Crippen LogP) is 0.234. The first-order chi connectivity index (χ1) is 5.67. The smallest absolute Gasteiger partial charge is 0.153 e. The van der Waals surface area contributed by atoms with Crippen molar-refractivity contribution in [3.05, 3.63) is 0 Å². The normalized spacial score (nSPS) is 27.6. The molecule has 0 aromatic carbocycles. The summed E-state index contributed by atoms with van der Waals surface area (Å²) in [6, 6.07) is 0. The van der Waals surface area contributed by atoms with E-state index < -0.39 is 9.84 Å². The molecule has 1 saturated heterocycles. The van der Waals surface area contributed by atoms with Gasteiger partial charge in [0.1, 0.15) is 0 Å². The summed E-state index contributed by atoms with van der Waals surface area (Å²) >= 11 is 0. The molecule has 5 heteroatoms. The second kappa shape index (κ2) is 4.20. The Kier molecular flexibility index (Phi) is 3.49. The maximum absolute atomic E-state index is 11.3. The topological polar surface area (TPSA) is 69.4 Å². The highest BCUT2D eigenvalue weighted by Crippen LogP contribution is 2.23. The van der Waals surface area contributed by atoms with Gasteiger partial charge in [0.15, 0.2) is 9.84 Å². The van der Waals surface area contributed by atoms with Gasteiger partial charge in [-0.2, -0.15) is 0 Å². The summed E-state index contributed by atoms with van der Waals surface area (Å²) in [6.07, 6.45) is 3.06. The lowest BCUT2D eigenvalue weighted by atomic mass is 10.2. The zero-order valence-electron chi connectivity index (χ0n) is 7.03. The molecule has 1 aliphatic rings. The second-order valence-corrected chi connectivity index (χ2v) is 5.54. The fourth-order valence-corrected chi connectivity index (χ4v) is 3.53. The SMILES string of the molecule is NOCCCC1CCCS1(=O)=O. The number of hydrogen-bond acceptors (Lipinski definition) is 4. The number of rotatable bonds is 4. The van der Waals surface area contributed by atoms with Gasteiger partial charge in [-0.25, -0.2) is 14.3 Å². The van der Waals surface area contributed by atoms with Crippen molar-refractivity contribution in [2.45, 2.75) is 30.9 Å². The van der Waals surface area contributed by atoms with Gasteiger partial charge in [-0.05, 0) is 25.7 Å². The van der Waals surface area contributed by atoms with Crippen LogP contribution in [-0.2, 0) is 14.7 Å². The molecule has 1 heterocycles. The van der Waals surface area contributed by atoms with Gasteiger partial charge in [-0.1, -0.05) is 0 Å². The maximum atomic E-state index is 11.3. The molecular formula is C7H15NO3S. The summed E-state index contributed by atoms with van der Waals surface area (Å²) in [5.74, 6) is 5.19. The highest BCUT2D eigenvalue weighted by molar-refractivity contribution is 7.92. The molecule has 1 rings (SSSR count). The van der Waals surface area contributed by atoms with Crippen LogP contribution in [-0.4, -0.2) is 26.0 Å². The van der Waals surface area contributed by atoms with E-state index in [0.717, 1.165) is 19.3 Å². The Balaban J connectivity index is 2.32. The van der Waals surface area contributed by atoms with Crippen LogP contribution in [0, 0.1) is 0 Å². The van der Waals surface area contributed by atoms with Crippen molar-refractivity contribution in [1.29, 1.82) is 0 Å². The van der Waals surface area contributed by atoms with Crippen molar-refractivity contribution in [3.8, 4) is 0 Å². The molecule has 0 aliphatic carbocycles. The van der Waals surface area contributed by atoms with Crippen LogP contribution < -0.4 is 5.90 Å². The summed E-state index contributed by atoms with van der Waals surface area (Å²) in [5, 5.41) is -0.132. The lowest BCUT2D eigenvalue weighted by Crippen LogP contribution is -2.16. The van der Waals surface area contributed by atoms with E-state index in [2.05, 4.69) is 4.84 Å². The number of hydrogen-bond donors (Lipinski definition) is 1. The van der Waals surface area contributed by atoms with Gasteiger partial charge in [0.2, 0.25) is 0 Å². The van der Waals surface area contributed by atoms with Crippen molar-refractivity contribution in [3.63, 3.8) is 0 Å². The third-order valence-electron chi connectivity index (χ3n) is 2.25. The van der Waals surface area contributed by atoms with Gasteiger partial charge in [-0.3, -0.25) is 0 Å². The molecule has 12 heavy (non-hydrogen) atoms. The number of sulfone groups is 1. The highest BCUT2D eigenvalue weighted by Gasteiger charge is 2.30. The second-order valence-electron chi connectivity index (χ2n) is 3.14. The van der Waals surface area contributed by atoms with Crippen LogP contribution in [0.3, 0.4) is 0 Å². The Morgan fingerprint density at radius 2 is 2.25 bits per heavy atom. The molecule has 1 unspecified atom stereocenters. The summed E-state index contributed by atoms with van der Waals surface area (Å²) < 4.78 is 22.6. The Morgan fingerprint density at radius 3 is 2.75 bits per heavy atom. The molecule has 1 atom stereocenters. The van der Waals surface area contributed by atoms with E-state index in [0.29, 0.717) is 18.8 Å². The Morgan fingerprint density at radius 1 is 1.50 bits per heavy atom. The first-order valence-electron chi connectivity index (χ1n) is 4.20. The molecule has 1 fully saturated rings. The first-order valence-corrected chi connectivity index (χ1v) is 5.91. The van der Waals surface area contributed by atoms with E-state index in [9.17, 15) is 8.42 Å². The first kappa shape index (κ1) is 9.95. The molecule has 0 radical (unpaired) electrons. The molecule has 0 aromatic heterocycles. The van der Waals surface area contributed by atoms with Crippen molar-refractivity contribution < 1.29 is 13.3 Å². The van der Waals surface area contributed by atoms with Crippen LogP contribution in [0.15, 0.2) is 0 Å². The zero-order chi connectivity index (χ0) is 9.03. The van der Waals surface area contributed by atoms with E-state index in [1.54, 1.807) is 0 Å². The minimum absolute atomic E-state index is 0.132. The quantitative estimate of drug-likeness (QED) is 0.512. The van der Waals surface area contributed by atoms with Gasteiger partial charge < -0.3 is 4.84 Å². The number of nitrogens with two attached hydrogens (primary N) is 1. The van der Waals surface area contributed by atoms with Gasteiger partial charge >= 0.3 is 0 Å². The molecule has 2 N–H and O–H groups in total. The molecule has 4 nitrogen and oxygen atoms in total. The minimum atomic E-state index is -2.76. The van der Waals surface area contributed by atoms with E-state index in [4.69, 9.17) is 5.90 Å². The van der Waals surface area contributed by atoms with Crippen LogP contribution in [0.2, 0.25) is 0 Å². The van der Waals surface area contributed by atoms with Gasteiger partial charge in [-0.15, -0.1) is 0 Å². The van der Waals surface area contributed by atoms with Gasteiger partial charge in [0.25, 0.3) is 0 Å². The Labute approximate surface area is 73.0 Å². The van der Waals surface area contributed by atoms with Crippen LogP contribution in [0.4, 0.5) is 0 Å². The van der Waals surface area contributed by atoms with Crippen molar-refractivity contribution >= 4 is 9.84 Å². The summed E-state index contributed by atoms with van der Waals surface area (Å²) in [7, 11) is -2.76. The molecule has 0 spiro atoms. The van der Waals surface area contributed by atoms with Crippen LogP contribution in [0.25, 0.3) is 0 Å². The fraction of sp³-hybridized carbons (Fsp3) is 1.00. The maximum Gasteiger partial charge on any atom is 0.153 e. The van der Waals surface area contributed by atoms with E-state index in [1.165, 1.54) is 0 Å². The zero-order valence-corrected chi connectivity index (χ0v) is 7.85. The molecular weight excluding hydrogens is 178 g/mol. The summed E-state index contributed by atoms with van der Waals surface area (Å²) in [5.41, 5.74) is 0. The molecule has 0 saturated carbocycles. The van der Waals surface area contributed by atoms with Crippen LogP contribution in [0.1, 0.15) is 25.7 Å². The Bertz CT molecular complexity index is 225. The third kappa shape index (κ3) is 2.43. The van der Waals surface area contributed by atoms with Crippen LogP contribution >= 0.6 is 0 Å². The predicted molar refractivity (Wildman–Crippen MR) is 46.2 cm³/mol. The largest absolute Gasteiger partial charge is 0.305 e. The summed E-state index contributed by atoms with van der Waals surface area (Å²) in [6.45, 7) is 0.450. The highest BCUT2D eigenvalue weighted by atomic mass is 32.2. The molecule has 0 bridgehead atoms. The van der Waals surface area contributed by atoms with E-state index in [1.807, 2.05) is 0 Å². The molecule has 0 aromatic rings. The van der Waals surface area contributed by atoms with E-state index in [-0.39, 0.29) is 5.25 Å². The third-order valence-corrected chi connectivity index (χ3v) is 4.60. The van der Waals surface area contributed by atoms with Crippen molar-refractivity contribution in [2.24, 2.45) is 5.90 Å². The Hall–Kier alpha value is -0.130. The van der Waals surface area contributed by atoms with E-state index >= 15 is 0 Å². The van der Waals surface area contributed by atoms with Crippen molar-refractivity contribution in [2.75, 3.05) is 12.4 Å². The summed E-state index contributed by atoms with van der Waals surface area (Å²) in [4.78, 5) is 4.37.